The average Bonchev–Trinajstić information content (AvgIpc) is 3.33. The molecule has 11 heteroatoms. The number of amides is 1. The lowest BCUT2D eigenvalue weighted by molar-refractivity contribution is -0.386. The number of anilines is 1. The van der Waals surface area contributed by atoms with Gasteiger partial charge in [-0.1, -0.05) is 41.4 Å². The van der Waals surface area contributed by atoms with Crippen LogP contribution >= 0.6 is 23.2 Å². The Bertz CT molecular complexity index is 1400. The second-order valence-electron chi connectivity index (χ2n) is 7.74. The number of carbonyl (C=O) groups is 1. The smallest absolute Gasteiger partial charge is 0.305 e. The third-order valence-corrected chi connectivity index (χ3v) is 6.00. The van der Waals surface area contributed by atoms with E-state index in [-0.39, 0.29) is 11.6 Å². The van der Waals surface area contributed by atoms with E-state index in [1.807, 2.05) is 12.1 Å². The minimum absolute atomic E-state index is 0.00496. The van der Waals surface area contributed by atoms with Crippen LogP contribution in [0.15, 0.2) is 54.7 Å². The van der Waals surface area contributed by atoms with Crippen molar-refractivity contribution in [2.75, 3.05) is 5.32 Å². The Labute approximate surface area is 205 Å². The standard InChI is InChI=1S/C23H20Cl2N6O3/c1-14-22(31(33)34)15(2)30(27-14)13-16-4-3-5-18(10-16)23(32)26-21-8-9-29(28-21)12-17-6-7-19(24)20(25)11-17/h3-11H,12-13H2,1-2H3,(H,26,28,32). The Balaban J connectivity index is 1.44. The molecule has 0 spiro atoms. The lowest BCUT2D eigenvalue weighted by Crippen LogP contribution is -2.14. The van der Waals surface area contributed by atoms with Crippen LogP contribution in [-0.4, -0.2) is 30.4 Å². The third kappa shape index (κ3) is 5.11. The molecule has 0 bridgehead atoms. The van der Waals surface area contributed by atoms with Crippen LogP contribution in [0.3, 0.4) is 0 Å². The first-order chi connectivity index (χ1) is 16.2. The van der Waals surface area contributed by atoms with Gasteiger partial charge in [-0.2, -0.15) is 10.2 Å². The molecule has 2 heterocycles. The number of hydrogen-bond acceptors (Lipinski definition) is 5. The molecule has 1 N–H and O–H groups in total. The molecule has 0 aliphatic rings. The number of nitro groups is 1. The van der Waals surface area contributed by atoms with Crippen molar-refractivity contribution in [2.45, 2.75) is 26.9 Å². The molecule has 0 unspecified atom stereocenters. The zero-order chi connectivity index (χ0) is 24.4. The van der Waals surface area contributed by atoms with Crippen LogP contribution in [-0.2, 0) is 13.1 Å². The Hall–Kier alpha value is -3.69. The van der Waals surface area contributed by atoms with E-state index >= 15 is 0 Å². The molecule has 4 aromatic rings. The number of rotatable bonds is 7. The van der Waals surface area contributed by atoms with E-state index in [9.17, 15) is 14.9 Å². The number of hydrogen-bond donors (Lipinski definition) is 1. The quantitative estimate of drug-likeness (QED) is 0.276. The zero-order valence-electron chi connectivity index (χ0n) is 18.3. The lowest BCUT2D eigenvalue weighted by atomic mass is 10.1. The summed E-state index contributed by atoms with van der Waals surface area (Å²) in [5.41, 5.74) is 2.97. The van der Waals surface area contributed by atoms with Gasteiger partial charge in [0.15, 0.2) is 5.82 Å². The fourth-order valence-electron chi connectivity index (χ4n) is 3.62. The van der Waals surface area contributed by atoms with Gasteiger partial charge < -0.3 is 5.32 Å². The minimum Gasteiger partial charge on any atom is -0.305 e. The summed E-state index contributed by atoms with van der Waals surface area (Å²) in [4.78, 5) is 23.6. The van der Waals surface area contributed by atoms with Crippen LogP contribution in [0, 0.1) is 24.0 Å². The molecule has 1 amide bonds. The van der Waals surface area contributed by atoms with Gasteiger partial charge in [0.2, 0.25) is 0 Å². The third-order valence-electron chi connectivity index (χ3n) is 5.26. The molecule has 0 radical (unpaired) electrons. The highest BCUT2D eigenvalue weighted by Crippen LogP contribution is 2.24. The maximum absolute atomic E-state index is 12.8. The normalized spacial score (nSPS) is 10.9. The van der Waals surface area contributed by atoms with Crippen molar-refractivity contribution in [1.29, 1.82) is 0 Å². The summed E-state index contributed by atoms with van der Waals surface area (Å²) >= 11 is 12.0. The molecule has 0 atom stereocenters. The maximum Gasteiger partial charge on any atom is 0.312 e. The number of aryl methyl sites for hydroxylation is 1. The minimum atomic E-state index is -0.432. The van der Waals surface area contributed by atoms with Crippen molar-refractivity contribution in [2.24, 2.45) is 0 Å². The predicted octanol–water partition coefficient (Wildman–Crippen LogP) is 5.26. The number of carbonyl (C=O) groups excluding carboxylic acids is 1. The van der Waals surface area contributed by atoms with Gasteiger partial charge in [0.05, 0.1) is 28.1 Å². The van der Waals surface area contributed by atoms with Gasteiger partial charge in [0.25, 0.3) is 5.91 Å². The molecule has 4 rings (SSSR count). The lowest BCUT2D eigenvalue weighted by Gasteiger charge is -2.07. The van der Waals surface area contributed by atoms with E-state index in [4.69, 9.17) is 23.2 Å². The number of nitrogens with zero attached hydrogens (tertiary/aromatic N) is 5. The van der Waals surface area contributed by atoms with Crippen LogP contribution in [0.1, 0.15) is 32.9 Å². The van der Waals surface area contributed by atoms with Crippen molar-refractivity contribution in [3.63, 3.8) is 0 Å². The second kappa shape index (κ2) is 9.66. The fraction of sp³-hybridized carbons (Fsp3) is 0.174. The van der Waals surface area contributed by atoms with Gasteiger partial charge in [0.1, 0.15) is 11.4 Å². The predicted molar refractivity (Wildman–Crippen MR) is 130 cm³/mol. The molecule has 34 heavy (non-hydrogen) atoms. The summed E-state index contributed by atoms with van der Waals surface area (Å²) < 4.78 is 3.25. The molecule has 0 saturated carbocycles. The van der Waals surface area contributed by atoms with Crippen LogP contribution < -0.4 is 5.32 Å². The fourth-order valence-corrected chi connectivity index (χ4v) is 3.94. The Kier molecular flexibility index (Phi) is 6.67. The molecule has 0 saturated heterocycles. The summed E-state index contributed by atoms with van der Waals surface area (Å²) in [6.45, 7) is 4.03. The van der Waals surface area contributed by atoms with Gasteiger partial charge in [0, 0.05) is 17.8 Å². The number of benzene rings is 2. The van der Waals surface area contributed by atoms with E-state index < -0.39 is 4.92 Å². The first-order valence-electron chi connectivity index (χ1n) is 10.3. The van der Waals surface area contributed by atoms with Gasteiger partial charge >= 0.3 is 5.69 Å². The van der Waals surface area contributed by atoms with E-state index in [1.54, 1.807) is 65.8 Å². The number of nitrogens with one attached hydrogen (secondary N) is 1. The number of halogens is 2. The van der Waals surface area contributed by atoms with Gasteiger partial charge in [-0.25, -0.2) is 0 Å². The van der Waals surface area contributed by atoms with Crippen molar-refractivity contribution in [3.8, 4) is 0 Å². The largest absolute Gasteiger partial charge is 0.312 e. The second-order valence-corrected chi connectivity index (χ2v) is 8.55. The van der Waals surface area contributed by atoms with Crippen LogP contribution in [0.25, 0.3) is 0 Å². The molecule has 9 nitrogen and oxygen atoms in total. The first-order valence-corrected chi connectivity index (χ1v) is 11.0. The highest BCUT2D eigenvalue weighted by molar-refractivity contribution is 6.42. The summed E-state index contributed by atoms with van der Waals surface area (Å²) in [7, 11) is 0. The summed E-state index contributed by atoms with van der Waals surface area (Å²) in [5.74, 6) is 0.0885. The molecule has 174 valence electrons. The molecule has 0 fully saturated rings. The van der Waals surface area contributed by atoms with Gasteiger partial charge in [-0.15, -0.1) is 0 Å². The zero-order valence-corrected chi connectivity index (χ0v) is 19.8. The Morgan fingerprint density at radius 1 is 1.03 bits per heavy atom. The topological polar surface area (TPSA) is 108 Å². The van der Waals surface area contributed by atoms with Crippen molar-refractivity contribution >= 4 is 40.6 Å². The Morgan fingerprint density at radius 3 is 2.50 bits per heavy atom. The van der Waals surface area contributed by atoms with E-state index in [1.165, 1.54) is 0 Å². The monoisotopic (exact) mass is 498 g/mol. The van der Waals surface area contributed by atoms with E-state index in [0.29, 0.717) is 45.9 Å². The summed E-state index contributed by atoms with van der Waals surface area (Å²) in [6, 6.07) is 14.1. The van der Waals surface area contributed by atoms with E-state index in [0.717, 1.165) is 11.1 Å². The summed E-state index contributed by atoms with van der Waals surface area (Å²) in [6.07, 6.45) is 1.75. The molecule has 2 aromatic carbocycles. The molecule has 2 aromatic heterocycles. The molecule has 0 aliphatic heterocycles. The Morgan fingerprint density at radius 2 is 1.79 bits per heavy atom. The van der Waals surface area contributed by atoms with Crippen LogP contribution in [0.4, 0.5) is 11.5 Å². The first kappa shape index (κ1) is 23.5. The molecular formula is C23H20Cl2N6O3. The molecular weight excluding hydrogens is 479 g/mol. The summed E-state index contributed by atoms with van der Waals surface area (Å²) in [5, 5.41) is 23.6. The van der Waals surface area contributed by atoms with Crippen molar-refractivity contribution < 1.29 is 9.72 Å². The SMILES string of the molecule is Cc1nn(Cc2cccc(C(=O)Nc3ccn(Cc4ccc(Cl)c(Cl)c4)n3)c2)c(C)c1[N+](=O)[O-]. The maximum atomic E-state index is 12.8. The van der Waals surface area contributed by atoms with Crippen molar-refractivity contribution in [1.82, 2.24) is 19.6 Å². The van der Waals surface area contributed by atoms with E-state index in [2.05, 4.69) is 15.5 Å². The number of aromatic nitrogens is 4. The van der Waals surface area contributed by atoms with Crippen molar-refractivity contribution in [3.05, 3.63) is 103 Å². The van der Waals surface area contributed by atoms with Crippen LogP contribution in [0.2, 0.25) is 10.0 Å². The highest BCUT2D eigenvalue weighted by atomic mass is 35.5. The highest BCUT2D eigenvalue weighted by Gasteiger charge is 2.21. The average molecular weight is 499 g/mol. The van der Waals surface area contributed by atoms with Gasteiger partial charge in [-0.05, 0) is 49.2 Å². The molecule has 0 aliphatic carbocycles. The van der Waals surface area contributed by atoms with Gasteiger partial charge in [-0.3, -0.25) is 24.3 Å². The van der Waals surface area contributed by atoms with Crippen LogP contribution in [0.5, 0.6) is 0 Å².